The van der Waals surface area contributed by atoms with E-state index in [2.05, 4.69) is 4.74 Å². The first-order chi connectivity index (χ1) is 6.11. The molecule has 3 N–H and O–H groups in total. The van der Waals surface area contributed by atoms with Crippen LogP contribution in [0.15, 0.2) is 0 Å². The molecule has 74 valence electrons. The highest BCUT2D eigenvalue weighted by Gasteiger charge is 2.41. The highest BCUT2D eigenvalue weighted by molar-refractivity contribution is 6.79. The van der Waals surface area contributed by atoms with Crippen LogP contribution in [0, 0.1) is 0 Å². The summed E-state index contributed by atoms with van der Waals surface area (Å²) in [6.45, 7) is -0.539. The third kappa shape index (κ3) is 1.71. The molecule has 0 unspecified atom stereocenters. The molecule has 0 aromatic carbocycles. The Morgan fingerprint density at radius 1 is 1.77 bits per heavy atom. The van der Waals surface area contributed by atoms with Crippen LogP contribution in [-0.2, 0) is 14.0 Å². The molecule has 0 spiro atoms. The third-order valence-corrected chi connectivity index (χ3v) is 3.81. The van der Waals surface area contributed by atoms with Crippen molar-refractivity contribution in [3.8, 4) is 0 Å². The third-order valence-electron chi connectivity index (χ3n) is 1.68. The van der Waals surface area contributed by atoms with Crippen LogP contribution >= 0.6 is 0 Å². The van der Waals surface area contributed by atoms with E-state index in [9.17, 15) is 9.90 Å². The molecule has 1 heterocycles. The van der Waals surface area contributed by atoms with Crippen LogP contribution in [0.4, 0.5) is 0 Å². The van der Waals surface area contributed by atoms with Gasteiger partial charge in [0, 0.05) is 0 Å². The molecule has 0 aromatic heterocycles. The van der Waals surface area contributed by atoms with Gasteiger partial charge in [0.15, 0.2) is 5.73 Å². The second-order valence-electron chi connectivity index (χ2n) is 2.49. The summed E-state index contributed by atoms with van der Waals surface area (Å²) in [4.78, 5) is 10.8. The van der Waals surface area contributed by atoms with Crippen LogP contribution in [-0.4, -0.2) is 60.8 Å². The van der Waals surface area contributed by atoms with E-state index in [1.54, 1.807) is 0 Å². The van der Waals surface area contributed by atoms with E-state index in [0.717, 1.165) is 0 Å². The van der Waals surface area contributed by atoms with Crippen molar-refractivity contribution >= 4 is 20.0 Å². The monoisotopic (exact) mass is 206 g/mol. The highest BCUT2D eigenvalue weighted by atomic mass is 28.3. The average molecular weight is 206 g/mol. The molecule has 2 atom stereocenters. The lowest BCUT2D eigenvalue weighted by Crippen LogP contribution is -2.39. The SMILES string of the molecule is CO[Si]1=C(O)C(=O)O[C@@H]1[C@@H](O)CO. The van der Waals surface area contributed by atoms with Crippen molar-refractivity contribution in [3.63, 3.8) is 0 Å². The van der Waals surface area contributed by atoms with Gasteiger partial charge in [0.05, 0.1) is 13.7 Å². The number of hydrogen-bond acceptors (Lipinski definition) is 6. The molecule has 0 saturated heterocycles. The Bertz CT molecular complexity index is 250. The summed E-state index contributed by atoms with van der Waals surface area (Å²) in [6, 6.07) is 0. The van der Waals surface area contributed by atoms with Crippen molar-refractivity contribution < 1.29 is 29.3 Å². The van der Waals surface area contributed by atoms with Gasteiger partial charge in [0.25, 0.3) is 0 Å². The minimum absolute atomic E-state index is 0.481. The number of esters is 1. The van der Waals surface area contributed by atoms with Crippen LogP contribution in [0.3, 0.4) is 0 Å². The Labute approximate surface area is 75.7 Å². The van der Waals surface area contributed by atoms with Crippen LogP contribution in [0.5, 0.6) is 0 Å². The van der Waals surface area contributed by atoms with E-state index in [4.69, 9.17) is 14.6 Å². The van der Waals surface area contributed by atoms with Crippen molar-refractivity contribution in [2.24, 2.45) is 0 Å². The maximum Gasteiger partial charge on any atom is 0.372 e. The summed E-state index contributed by atoms with van der Waals surface area (Å²) in [5.74, 6) is -0.881. The van der Waals surface area contributed by atoms with Gasteiger partial charge in [0.1, 0.15) is 6.10 Å². The average Bonchev–Trinajstić information content (AvgIpc) is 2.42. The maximum absolute atomic E-state index is 10.8. The molecule has 0 aliphatic carbocycles. The molecule has 6 nitrogen and oxygen atoms in total. The van der Waals surface area contributed by atoms with E-state index in [1.807, 2.05) is 0 Å². The minimum Gasteiger partial charge on any atom is -0.549 e. The Kier molecular flexibility index (Phi) is 3.01. The highest BCUT2D eigenvalue weighted by Crippen LogP contribution is 2.09. The predicted octanol–water partition coefficient (Wildman–Crippen LogP) is -2.47. The number of rotatable bonds is 3. The number of hydrogen-bond donors (Lipinski definition) is 3. The van der Waals surface area contributed by atoms with Crippen molar-refractivity contribution in [1.82, 2.24) is 0 Å². The van der Waals surface area contributed by atoms with Gasteiger partial charge in [0.2, 0.25) is 5.35 Å². The van der Waals surface area contributed by atoms with Gasteiger partial charge in [-0.25, -0.2) is 4.79 Å². The van der Waals surface area contributed by atoms with E-state index in [0.29, 0.717) is 0 Å². The smallest absolute Gasteiger partial charge is 0.372 e. The second kappa shape index (κ2) is 3.86. The van der Waals surface area contributed by atoms with E-state index < -0.39 is 38.4 Å². The van der Waals surface area contributed by atoms with Gasteiger partial charge in [-0.1, -0.05) is 0 Å². The van der Waals surface area contributed by atoms with Gasteiger partial charge in [-0.05, 0) is 0 Å². The summed E-state index contributed by atoms with van der Waals surface area (Å²) in [5.41, 5.74) is -0.938. The van der Waals surface area contributed by atoms with Gasteiger partial charge in [-0.15, -0.1) is 0 Å². The number of cyclic esters (lactones) is 1. The molecule has 1 aliphatic rings. The number of aliphatic hydroxyl groups is 3. The zero-order valence-corrected chi connectivity index (χ0v) is 7.93. The molecule has 13 heavy (non-hydrogen) atoms. The van der Waals surface area contributed by atoms with Crippen LogP contribution in [0.2, 0.25) is 0 Å². The van der Waals surface area contributed by atoms with Gasteiger partial charge in [-0.3, -0.25) is 0 Å². The Balaban J connectivity index is 2.86. The second-order valence-corrected chi connectivity index (χ2v) is 4.67. The van der Waals surface area contributed by atoms with Crippen molar-refractivity contribution in [3.05, 3.63) is 0 Å². The summed E-state index contributed by atoms with van der Waals surface area (Å²) >= 11 is 0. The lowest BCUT2D eigenvalue weighted by Gasteiger charge is -2.15. The summed E-state index contributed by atoms with van der Waals surface area (Å²) in [6.07, 6.45) is -1.21. The molecule has 1 rings (SSSR count). The molecule has 0 radical (unpaired) electrons. The quantitative estimate of drug-likeness (QED) is 0.350. The number of aliphatic hydroxyl groups excluding tert-OH is 3. The Morgan fingerprint density at radius 3 is 2.85 bits per heavy atom. The van der Waals surface area contributed by atoms with Crippen molar-refractivity contribution in [2.45, 2.75) is 11.8 Å². The first kappa shape index (κ1) is 10.2. The summed E-state index contributed by atoms with van der Waals surface area (Å²) in [7, 11) is -0.728. The normalized spacial score (nSPS) is 24.5. The van der Waals surface area contributed by atoms with Crippen LogP contribution < -0.4 is 0 Å². The predicted molar refractivity (Wildman–Crippen MR) is 42.7 cm³/mol. The van der Waals surface area contributed by atoms with Gasteiger partial charge in [-0.2, -0.15) is 0 Å². The molecular formula is C6H10O6Si. The zero-order valence-electron chi connectivity index (χ0n) is 6.93. The maximum atomic E-state index is 10.8. The van der Waals surface area contributed by atoms with E-state index in [1.165, 1.54) is 7.11 Å². The molecular weight excluding hydrogens is 196 g/mol. The molecule has 0 fully saturated rings. The molecule has 0 amide bonds. The van der Waals surface area contributed by atoms with Crippen molar-refractivity contribution in [2.75, 3.05) is 13.7 Å². The van der Waals surface area contributed by atoms with Crippen LogP contribution in [0.25, 0.3) is 0 Å². The zero-order chi connectivity index (χ0) is 10.0. The Hall–Kier alpha value is -0.923. The fourth-order valence-corrected chi connectivity index (χ4v) is 2.65. The first-order valence-electron chi connectivity index (χ1n) is 3.58. The van der Waals surface area contributed by atoms with E-state index in [-0.39, 0.29) is 0 Å². The van der Waals surface area contributed by atoms with Crippen molar-refractivity contribution in [1.29, 1.82) is 0 Å². The fourth-order valence-electron chi connectivity index (χ4n) is 1.02. The van der Waals surface area contributed by atoms with Gasteiger partial charge < -0.3 is 24.5 Å². The van der Waals surface area contributed by atoms with E-state index >= 15 is 0 Å². The fraction of sp³-hybridized carbons (Fsp3) is 0.667. The largest absolute Gasteiger partial charge is 0.549 e. The lowest BCUT2D eigenvalue weighted by atomic mass is 10.4. The molecule has 0 aromatic rings. The number of ether oxygens (including phenoxy) is 1. The standard InChI is InChI=1S/C6H10O6Si/c1-11-13-5(10)4(9)12-6(13)3(8)2-7/h3,6-8,10H,2H2,1H3/t3-,6-/m0/s1. The first-order valence-corrected chi connectivity index (χ1v) is 5.07. The topological polar surface area (TPSA) is 96.2 Å². The minimum atomic E-state index is -2.04. The number of carbonyl (C=O) groups excluding carboxylic acids is 1. The summed E-state index contributed by atoms with van der Waals surface area (Å²) in [5, 5.41) is 26.5. The van der Waals surface area contributed by atoms with Gasteiger partial charge >= 0.3 is 14.6 Å². The van der Waals surface area contributed by atoms with Crippen LogP contribution in [0.1, 0.15) is 0 Å². The summed E-state index contributed by atoms with van der Waals surface area (Å²) < 4.78 is 9.44. The molecule has 0 saturated carbocycles. The lowest BCUT2D eigenvalue weighted by molar-refractivity contribution is -0.142. The molecule has 0 bridgehead atoms. The molecule has 7 heteroatoms. The Morgan fingerprint density at radius 2 is 2.38 bits per heavy atom. The number of carbonyl (C=O) groups is 1. The molecule has 1 aliphatic heterocycles.